The minimum absolute atomic E-state index is 0.289. The number of halogens is 3. The Hall–Kier alpha value is -2.74. The molecule has 1 aliphatic rings. The Labute approximate surface area is 129 Å². The number of hydrogen-bond acceptors (Lipinski definition) is 5. The second-order valence-electron chi connectivity index (χ2n) is 4.58. The Balaban J connectivity index is 1.66. The molecule has 120 valence electrons. The third kappa shape index (κ3) is 4.13. The van der Waals surface area contributed by atoms with Crippen LogP contribution in [0, 0.1) is 0 Å². The number of pyridine rings is 1. The quantitative estimate of drug-likeness (QED) is 0.933. The molecule has 0 saturated carbocycles. The van der Waals surface area contributed by atoms with Crippen LogP contribution in [-0.2, 0) is 4.84 Å². The number of ether oxygens (including phenoxy) is 2. The lowest BCUT2D eigenvalue weighted by molar-refractivity contribution is -0.274. The molecular formula is C15H11F3N2O3. The molecule has 23 heavy (non-hydrogen) atoms. The Morgan fingerprint density at radius 1 is 1.09 bits per heavy atom. The van der Waals surface area contributed by atoms with Gasteiger partial charge < -0.3 is 9.47 Å². The fourth-order valence-electron chi connectivity index (χ4n) is 1.94. The first-order chi connectivity index (χ1) is 11.0. The summed E-state index contributed by atoms with van der Waals surface area (Å²) in [5.74, 6) is 0.617. The first kappa shape index (κ1) is 15.2. The van der Waals surface area contributed by atoms with E-state index in [1.165, 1.54) is 24.3 Å². The molecule has 0 aliphatic carbocycles. The fourth-order valence-corrected chi connectivity index (χ4v) is 1.94. The molecule has 2 aromatic rings. The maximum absolute atomic E-state index is 12.1. The van der Waals surface area contributed by atoms with Gasteiger partial charge in [-0.2, -0.15) is 0 Å². The highest BCUT2D eigenvalue weighted by atomic mass is 19.4. The van der Waals surface area contributed by atoms with Crippen LogP contribution >= 0.6 is 0 Å². The molecule has 2 heterocycles. The maximum atomic E-state index is 12.1. The normalized spacial score (nSPS) is 17.3. The smallest absolute Gasteiger partial charge is 0.438 e. The number of alkyl halides is 3. The van der Waals surface area contributed by atoms with Gasteiger partial charge in [0.1, 0.15) is 17.6 Å². The van der Waals surface area contributed by atoms with Gasteiger partial charge in [-0.15, -0.1) is 13.2 Å². The molecule has 5 nitrogen and oxygen atoms in total. The van der Waals surface area contributed by atoms with Gasteiger partial charge in [0.2, 0.25) is 5.88 Å². The lowest BCUT2D eigenvalue weighted by Crippen LogP contribution is -2.17. The lowest BCUT2D eigenvalue weighted by atomic mass is 10.1. The predicted octanol–water partition coefficient (Wildman–Crippen LogP) is 3.48. The van der Waals surface area contributed by atoms with Crippen molar-refractivity contribution in [2.45, 2.75) is 12.5 Å². The van der Waals surface area contributed by atoms with Crippen LogP contribution in [0.5, 0.6) is 11.5 Å². The molecule has 0 radical (unpaired) electrons. The minimum Gasteiger partial charge on any atom is -0.438 e. The maximum Gasteiger partial charge on any atom is 0.573 e. The number of hydrogen-bond donors (Lipinski definition) is 1. The van der Waals surface area contributed by atoms with Gasteiger partial charge in [-0.05, 0) is 29.8 Å². The van der Waals surface area contributed by atoms with E-state index in [-0.39, 0.29) is 5.75 Å². The largest absolute Gasteiger partial charge is 0.573 e. The Kier molecular flexibility index (Phi) is 4.07. The van der Waals surface area contributed by atoms with E-state index in [2.05, 4.69) is 15.2 Å². The van der Waals surface area contributed by atoms with Crippen molar-refractivity contribution in [2.75, 3.05) is 0 Å². The molecule has 0 amide bonds. The zero-order valence-corrected chi connectivity index (χ0v) is 11.6. The first-order valence-electron chi connectivity index (χ1n) is 6.57. The molecule has 0 spiro atoms. The van der Waals surface area contributed by atoms with Crippen LogP contribution < -0.4 is 15.0 Å². The van der Waals surface area contributed by atoms with E-state index in [0.29, 0.717) is 17.2 Å². The molecule has 1 aromatic carbocycles. The van der Waals surface area contributed by atoms with Gasteiger partial charge in [-0.1, -0.05) is 12.1 Å². The highest BCUT2D eigenvalue weighted by molar-refractivity contribution is 5.31. The molecule has 8 heteroatoms. The highest BCUT2D eigenvalue weighted by Gasteiger charge is 2.31. The Morgan fingerprint density at radius 3 is 2.52 bits per heavy atom. The summed E-state index contributed by atoms with van der Waals surface area (Å²) >= 11 is 0. The molecule has 1 aliphatic heterocycles. The number of rotatable bonds is 4. The molecule has 0 unspecified atom stereocenters. The van der Waals surface area contributed by atoms with Crippen molar-refractivity contribution in [3.05, 3.63) is 66.3 Å². The third-order valence-corrected chi connectivity index (χ3v) is 2.89. The molecule has 0 fully saturated rings. The van der Waals surface area contributed by atoms with Gasteiger partial charge in [0.25, 0.3) is 0 Å². The predicted molar refractivity (Wildman–Crippen MR) is 73.0 cm³/mol. The van der Waals surface area contributed by atoms with Crippen LogP contribution in [0.25, 0.3) is 0 Å². The molecule has 1 N–H and O–H groups in total. The standard InChI is InChI=1S/C15H11F3N2O3/c16-15(17,18)22-11-5-3-10(4-6-11)13-8-14(20-23-13)21-12-2-1-7-19-9-12/h1-9,13,20H/t13-/m0/s1. The van der Waals surface area contributed by atoms with E-state index in [9.17, 15) is 13.2 Å². The number of benzene rings is 1. The van der Waals surface area contributed by atoms with Gasteiger partial charge in [-0.25, -0.2) is 5.48 Å². The van der Waals surface area contributed by atoms with E-state index in [0.717, 1.165) is 0 Å². The fraction of sp³-hybridized carbons (Fsp3) is 0.133. The topological polar surface area (TPSA) is 52.6 Å². The van der Waals surface area contributed by atoms with Crippen LogP contribution in [0.2, 0.25) is 0 Å². The lowest BCUT2D eigenvalue weighted by Gasteiger charge is -2.11. The average Bonchev–Trinajstić information content (AvgIpc) is 2.96. The number of aromatic nitrogens is 1. The number of nitrogens with one attached hydrogen (secondary N) is 1. The summed E-state index contributed by atoms with van der Waals surface area (Å²) in [7, 11) is 0. The van der Waals surface area contributed by atoms with Crippen LogP contribution in [0.4, 0.5) is 13.2 Å². The molecule has 1 atom stereocenters. The van der Waals surface area contributed by atoms with Crippen LogP contribution in [-0.4, -0.2) is 11.3 Å². The van der Waals surface area contributed by atoms with E-state index < -0.39 is 12.5 Å². The van der Waals surface area contributed by atoms with Crippen molar-refractivity contribution in [1.29, 1.82) is 0 Å². The zero-order chi connectivity index (χ0) is 16.3. The van der Waals surface area contributed by atoms with Crippen LogP contribution in [0.1, 0.15) is 11.7 Å². The van der Waals surface area contributed by atoms with Crippen molar-refractivity contribution in [3.63, 3.8) is 0 Å². The van der Waals surface area contributed by atoms with Gasteiger partial charge in [0.05, 0.1) is 6.20 Å². The van der Waals surface area contributed by atoms with Gasteiger partial charge in [-0.3, -0.25) is 9.82 Å². The molecule has 0 bridgehead atoms. The SMILES string of the molecule is FC(F)(F)Oc1ccc([C@@H]2C=C(Oc3cccnc3)NO2)cc1. The van der Waals surface area contributed by atoms with Crippen molar-refractivity contribution in [1.82, 2.24) is 10.5 Å². The Morgan fingerprint density at radius 2 is 1.87 bits per heavy atom. The molecular weight excluding hydrogens is 313 g/mol. The summed E-state index contributed by atoms with van der Waals surface area (Å²) in [6.45, 7) is 0. The minimum atomic E-state index is -4.71. The zero-order valence-electron chi connectivity index (χ0n) is 11.6. The third-order valence-electron chi connectivity index (χ3n) is 2.89. The number of hydroxylamine groups is 1. The van der Waals surface area contributed by atoms with E-state index >= 15 is 0 Å². The summed E-state index contributed by atoms with van der Waals surface area (Å²) in [6, 6.07) is 8.86. The summed E-state index contributed by atoms with van der Waals surface area (Å²) in [4.78, 5) is 9.23. The monoisotopic (exact) mass is 324 g/mol. The van der Waals surface area contributed by atoms with Gasteiger partial charge in [0.15, 0.2) is 0 Å². The van der Waals surface area contributed by atoms with Crippen molar-refractivity contribution in [2.24, 2.45) is 0 Å². The summed E-state index contributed by atoms with van der Waals surface area (Å²) in [6.07, 6.45) is -0.377. The average molecular weight is 324 g/mol. The summed E-state index contributed by atoms with van der Waals surface area (Å²) in [5.41, 5.74) is 3.26. The van der Waals surface area contributed by atoms with Crippen molar-refractivity contribution in [3.8, 4) is 11.5 Å². The Bertz CT molecular complexity index is 687. The van der Waals surface area contributed by atoms with Gasteiger partial charge in [0, 0.05) is 12.3 Å². The van der Waals surface area contributed by atoms with E-state index in [4.69, 9.17) is 9.57 Å². The summed E-state index contributed by atoms with van der Waals surface area (Å²) < 4.78 is 45.7. The highest BCUT2D eigenvalue weighted by Crippen LogP contribution is 2.28. The van der Waals surface area contributed by atoms with Crippen molar-refractivity contribution < 1.29 is 27.5 Å². The van der Waals surface area contributed by atoms with Crippen LogP contribution in [0.15, 0.2) is 60.8 Å². The first-order valence-corrected chi connectivity index (χ1v) is 6.57. The van der Waals surface area contributed by atoms with Crippen LogP contribution in [0.3, 0.4) is 0 Å². The number of nitrogens with zero attached hydrogens (tertiary/aromatic N) is 1. The molecule has 3 rings (SSSR count). The van der Waals surface area contributed by atoms with E-state index in [1.54, 1.807) is 30.6 Å². The second kappa shape index (κ2) is 6.17. The molecule has 1 aromatic heterocycles. The van der Waals surface area contributed by atoms with Crippen molar-refractivity contribution >= 4 is 0 Å². The summed E-state index contributed by atoms with van der Waals surface area (Å²) in [5, 5.41) is 0. The molecule has 0 saturated heterocycles. The van der Waals surface area contributed by atoms with Gasteiger partial charge >= 0.3 is 6.36 Å². The van der Waals surface area contributed by atoms with E-state index in [1.807, 2.05) is 0 Å². The second-order valence-corrected chi connectivity index (χ2v) is 4.58.